The summed E-state index contributed by atoms with van der Waals surface area (Å²) in [6.45, 7) is 0.0649. The summed E-state index contributed by atoms with van der Waals surface area (Å²) in [4.78, 5) is 35.3. The number of urea groups is 1. The summed E-state index contributed by atoms with van der Waals surface area (Å²) in [6.07, 6.45) is 3.33. The van der Waals surface area contributed by atoms with Gasteiger partial charge in [-0.25, -0.2) is 9.78 Å². The monoisotopic (exact) mass is 413 g/mol. The maximum Gasteiger partial charge on any atom is 0.315 e. The Morgan fingerprint density at radius 1 is 1.03 bits per heavy atom. The summed E-state index contributed by atoms with van der Waals surface area (Å²) < 4.78 is 0. The Labute approximate surface area is 177 Å². The number of H-pyrrole nitrogens is 1. The Hall–Kier alpha value is -4.20. The predicted molar refractivity (Wildman–Crippen MR) is 115 cm³/mol. The average Bonchev–Trinajstić information content (AvgIpc) is 3.33. The van der Waals surface area contributed by atoms with Crippen LogP contribution in [0.3, 0.4) is 0 Å². The van der Waals surface area contributed by atoms with Gasteiger partial charge in [-0.3, -0.25) is 9.78 Å². The molecule has 0 radical (unpaired) electrons. The Kier molecular flexibility index (Phi) is 4.59. The minimum atomic E-state index is -0.956. The van der Waals surface area contributed by atoms with Crippen LogP contribution in [0, 0.1) is 0 Å². The van der Waals surface area contributed by atoms with Crippen LogP contribution < -0.4 is 10.6 Å². The number of hydrogen-bond acceptors (Lipinski definition) is 4. The maximum atomic E-state index is 12.4. The van der Waals surface area contributed by atoms with E-state index in [-0.39, 0.29) is 19.0 Å². The molecule has 0 saturated carbocycles. The molecule has 31 heavy (non-hydrogen) atoms. The molecule has 2 amide bonds. The van der Waals surface area contributed by atoms with Gasteiger partial charge in [-0.15, -0.1) is 0 Å². The van der Waals surface area contributed by atoms with Crippen LogP contribution in [-0.2, 0) is 4.79 Å². The number of nitrogens with one attached hydrogen (secondary N) is 3. The largest absolute Gasteiger partial charge is 0.481 e. The lowest BCUT2D eigenvalue weighted by molar-refractivity contribution is -0.136. The van der Waals surface area contributed by atoms with Crippen molar-refractivity contribution in [3.8, 4) is 22.5 Å². The number of carboxylic acids is 1. The van der Waals surface area contributed by atoms with Crippen molar-refractivity contribution in [2.75, 3.05) is 6.54 Å². The second-order valence-electron chi connectivity index (χ2n) is 7.31. The zero-order chi connectivity index (χ0) is 21.4. The van der Waals surface area contributed by atoms with Crippen LogP contribution in [0.4, 0.5) is 4.79 Å². The molecule has 0 fully saturated rings. The van der Waals surface area contributed by atoms with E-state index < -0.39 is 12.0 Å². The second-order valence-corrected chi connectivity index (χ2v) is 7.31. The number of aromatic nitrogens is 3. The van der Waals surface area contributed by atoms with Gasteiger partial charge < -0.3 is 20.7 Å². The molecule has 154 valence electrons. The first-order valence-corrected chi connectivity index (χ1v) is 9.90. The van der Waals surface area contributed by atoms with E-state index in [0.29, 0.717) is 0 Å². The molecular weight excluding hydrogens is 394 g/mol. The standard InChI is InChI=1S/C23H19N5O3/c29-19(30)9-11-25-23(31)28-21-14-5-2-1-4-13(14)20-15(21)6-3-7-16(20)22-26-17-8-10-24-12-18(17)27-22/h1-8,10,12,21H,9,11H2,(H,26,27)(H,29,30)(H2,25,28,31). The van der Waals surface area contributed by atoms with Gasteiger partial charge in [0.2, 0.25) is 0 Å². The van der Waals surface area contributed by atoms with E-state index in [9.17, 15) is 9.59 Å². The molecule has 4 N–H and O–H groups in total. The molecule has 0 spiro atoms. The van der Waals surface area contributed by atoms with Crippen molar-refractivity contribution in [2.45, 2.75) is 12.5 Å². The third kappa shape index (κ3) is 3.38. The normalized spacial score (nSPS) is 14.1. The zero-order valence-corrected chi connectivity index (χ0v) is 16.4. The van der Waals surface area contributed by atoms with Gasteiger partial charge in [0.05, 0.1) is 29.7 Å². The lowest BCUT2D eigenvalue weighted by atomic mass is 9.99. The van der Waals surface area contributed by atoms with Crippen LogP contribution in [0.15, 0.2) is 60.9 Å². The fraction of sp³-hybridized carbons (Fsp3) is 0.130. The van der Waals surface area contributed by atoms with E-state index >= 15 is 0 Å². The highest BCUT2D eigenvalue weighted by Gasteiger charge is 2.32. The van der Waals surface area contributed by atoms with E-state index in [1.54, 1.807) is 12.4 Å². The predicted octanol–water partition coefficient (Wildman–Crippen LogP) is 3.47. The number of aliphatic carboxylic acids is 1. The Bertz CT molecular complexity index is 1280. The van der Waals surface area contributed by atoms with Crippen molar-refractivity contribution in [2.24, 2.45) is 0 Å². The molecule has 8 heteroatoms. The number of carbonyl (C=O) groups excluding carboxylic acids is 1. The number of nitrogens with zero attached hydrogens (tertiary/aromatic N) is 2. The van der Waals surface area contributed by atoms with Crippen LogP contribution in [0.2, 0.25) is 0 Å². The van der Waals surface area contributed by atoms with Gasteiger partial charge in [-0.2, -0.15) is 0 Å². The molecule has 2 heterocycles. The molecule has 1 aliphatic carbocycles. The van der Waals surface area contributed by atoms with E-state index in [0.717, 1.165) is 44.7 Å². The van der Waals surface area contributed by atoms with Crippen molar-refractivity contribution in [3.05, 3.63) is 72.1 Å². The average molecular weight is 413 g/mol. The molecule has 0 aliphatic heterocycles. The van der Waals surface area contributed by atoms with Gasteiger partial charge in [-0.1, -0.05) is 42.5 Å². The third-order valence-electron chi connectivity index (χ3n) is 5.39. The summed E-state index contributed by atoms with van der Waals surface area (Å²) in [5.74, 6) is -0.219. The number of hydrogen-bond donors (Lipinski definition) is 4. The second kappa shape index (κ2) is 7.56. The van der Waals surface area contributed by atoms with Gasteiger partial charge in [0.15, 0.2) is 0 Å². The van der Waals surface area contributed by atoms with Gasteiger partial charge in [-0.05, 0) is 28.3 Å². The lowest BCUT2D eigenvalue weighted by Crippen LogP contribution is -2.38. The smallest absolute Gasteiger partial charge is 0.315 e. The topological polar surface area (TPSA) is 120 Å². The maximum absolute atomic E-state index is 12.4. The summed E-state index contributed by atoms with van der Waals surface area (Å²) in [6, 6.07) is 15.0. The minimum absolute atomic E-state index is 0.0649. The molecule has 4 aromatic rings. The number of rotatable bonds is 5. The first-order chi connectivity index (χ1) is 15.1. The summed E-state index contributed by atoms with van der Waals surface area (Å²) in [7, 11) is 0. The number of pyridine rings is 1. The minimum Gasteiger partial charge on any atom is -0.481 e. The van der Waals surface area contributed by atoms with Crippen LogP contribution in [0.25, 0.3) is 33.5 Å². The zero-order valence-electron chi connectivity index (χ0n) is 16.4. The number of imidazole rings is 1. The SMILES string of the molecule is O=C(O)CCNC(=O)NC1c2ccccc2-c2c(-c3nc4ccncc4[nH]3)cccc21. The van der Waals surface area contributed by atoms with E-state index in [1.165, 1.54) is 0 Å². The van der Waals surface area contributed by atoms with Crippen molar-refractivity contribution >= 4 is 23.0 Å². The van der Waals surface area contributed by atoms with Gasteiger partial charge in [0.1, 0.15) is 5.82 Å². The number of amides is 2. The molecule has 1 aliphatic rings. The summed E-state index contributed by atoms with van der Waals surface area (Å²) in [5, 5.41) is 14.4. The molecule has 1 atom stereocenters. The molecule has 1 unspecified atom stereocenters. The quantitative estimate of drug-likeness (QED) is 0.399. The Morgan fingerprint density at radius 3 is 2.68 bits per heavy atom. The van der Waals surface area contributed by atoms with Crippen molar-refractivity contribution < 1.29 is 14.7 Å². The van der Waals surface area contributed by atoms with Crippen molar-refractivity contribution in [3.63, 3.8) is 0 Å². The molecule has 2 aromatic carbocycles. The molecule has 2 aromatic heterocycles. The highest BCUT2D eigenvalue weighted by molar-refractivity contribution is 5.92. The first-order valence-electron chi connectivity index (χ1n) is 9.90. The Morgan fingerprint density at radius 2 is 1.84 bits per heavy atom. The van der Waals surface area contributed by atoms with E-state index in [4.69, 9.17) is 10.1 Å². The highest BCUT2D eigenvalue weighted by atomic mass is 16.4. The first kappa shape index (κ1) is 18.8. The fourth-order valence-corrected chi connectivity index (χ4v) is 4.06. The third-order valence-corrected chi connectivity index (χ3v) is 5.39. The van der Waals surface area contributed by atoms with Gasteiger partial charge >= 0.3 is 12.0 Å². The lowest BCUT2D eigenvalue weighted by Gasteiger charge is -2.16. The van der Waals surface area contributed by atoms with E-state index in [1.807, 2.05) is 48.5 Å². The Balaban J connectivity index is 1.54. The number of aromatic amines is 1. The number of fused-ring (bicyclic) bond motifs is 4. The number of carbonyl (C=O) groups is 2. The van der Waals surface area contributed by atoms with Gasteiger partial charge in [0, 0.05) is 18.3 Å². The molecule has 8 nitrogen and oxygen atoms in total. The number of benzene rings is 2. The highest BCUT2D eigenvalue weighted by Crippen LogP contribution is 2.47. The van der Waals surface area contributed by atoms with Gasteiger partial charge in [0.25, 0.3) is 0 Å². The van der Waals surface area contributed by atoms with Crippen LogP contribution in [-0.4, -0.2) is 38.6 Å². The number of carboxylic acid groups (broad SMARTS) is 1. The van der Waals surface area contributed by atoms with E-state index in [2.05, 4.69) is 20.6 Å². The molecule has 0 bridgehead atoms. The summed E-state index contributed by atoms with van der Waals surface area (Å²) >= 11 is 0. The summed E-state index contributed by atoms with van der Waals surface area (Å²) in [5.41, 5.74) is 6.62. The van der Waals surface area contributed by atoms with Crippen LogP contribution >= 0.6 is 0 Å². The van der Waals surface area contributed by atoms with Crippen LogP contribution in [0.1, 0.15) is 23.6 Å². The van der Waals surface area contributed by atoms with Crippen molar-refractivity contribution in [1.82, 2.24) is 25.6 Å². The van der Waals surface area contributed by atoms with Crippen molar-refractivity contribution in [1.29, 1.82) is 0 Å². The van der Waals surface area contributed by atoms with Crippen LogP contribution in [0.5, 0.6) is 0 Å². The molecule has 5 rings (SSSR count). The molecular formula is C23H19N5O3. The molecule has 0 saturated heterocycles. The fourth-order valence-electron chi connectivity index (χ4n) is 4.06.